The van der Waals surface area contributed by atoms with Crippen molar-refractivity contribution in [2.24, 2.45) is 5.92 Å². The molecule has 0 bridgehead atoms. The number of amides is 2. The van der Waals surface area contributed by atoms with Crippen LogP contribution in [0.3, 0.4) is 0 Å². The van der Waals surface area contributed by atoms with Gasteiger partial charge in [-0.3, -0.25) is 4.98 Å². The summed E-state index contributed by atoms with van der Waals surface area (Å²) in [5.41, 5.74) is 2.00. The molecule has 1 fully saturated rings. The Hall–Kier alpha value is -1.62. The van der Waals surface area contributed by atoms with E-state index in [1.807, 2.05) is 24.0 Å². The number of rotatable bonds is 4. The number of aryl methyl sites for hydroxylation is 1. The second-order valence-electron chi connectivity index (χ2n) is 6.02. The predicted molar refractivity (Wildman–Crippen MR) is 82.0 cm³/mol. The Morgan fingerprint density at radius 3 is 3.00 bits per heavy atom. The fourth-order valence-electron chi connectivity index (χ4n) is 2.54. The minimum atomic E-state index is -0.00970. The number of ether oxygens (including phenoxy) is 1. The normalized spacial score (nSPS) is 18.9. The van der Waals surface area contributed by atoms with Crippen LogP contribution in [-0.2, 0) is 11.3 Å². The van der Waals surface area contributed by atoms with Gasteiger partial charge in [0, 0.05) is 25.0 Å². The zero-order chi connectivity index (χ0) is 15.2. The Kier molecular flexibility index (Phi) is 5.56. The number of urea groups is 1. The van der Waals surface area contributed by atoms with Crippen LogP contribution in [0.5, 0.6) is 0 Å². The number of nitrogens with zero attached hydrogens (tertiary/aromatic N) is 2. The van der Waals surface area contributed by atoms with Crippen molar-refractivity contribution in [3.8, 4) is 0 Å². The minimum absolute atomic E-state index is 0.00970. The molecule has 5 heteroatoms. The highest BCUT2D eigenvalue weighted by molar-refractivity contribution is 5.74. The molecule has 0 saturated carbocycles. The van der Waals surface area contributed by atoms with E-state index >= 15 is 0 Å². The van der Waals surface area contributed by atoms with Crippen LogP contribution in [0.2, 0.25) is 0 Å². The summed E-state index contributed by atoms with van der Waals surface area (Å²) < 4.78 is 5.51. The van der Waals surface area contributed by atoms with Gasteiger partial charge < -0.3 is 15.0 Å². The first-order valence-electron chi connectivity index (χ1n) is 7.60. The molecule has 0 unspecified atom stereocenters. The first-order valence-corrected chi connectivity index (χ1v) is 7.60. The minimum Gasteiger partial charge on any atom is -0.377 e. The van der Waals surface area contributed by atoms with Crippen LogP contribution < -0.4 is 5.32 Å². The zero-order valence-electron chi connectivity index (χ0n) is 13.1. The molecule has 2 rings (SSSR count). The van der Waals surface area contributed by atoms with Gasteiger partial charge in [0.05, 0.1) is 19.3 Å². The first kappa shape index (κ1) is 15.8. The summed E-state index contributed by atoms with van der Waals surface area (Å²) in [5.74, 6) is 0.549. The van der Waals surface area contributed by atoms with Crippen LogP contribution in [0.15, 0.2) is 18.3 Å². The van der Waals surface area contributed by atoms with Crippen molar-refractivity contribution in [2.75, 3.05) is 19.8 Å². The third-order valence-electron chi connectivity index (χ3n) is 3.65. The van der Waals surface area contributed by atoms with E-state index in [1.54, 1.807) is 6.20 Å². The summed E-state index contributed by atoms with van der Waals surface area (Å²) >= 11 is 0. The Morgan fingerprint density at radius 1 is 1.52 bits per heavy atom. The summed E-state index contributed by atoms with van der Waals surface area (Å²) in [6.45, 7) is 8.72. The maximum atomic E-state index is 12.4. The van der Waals surface area contributed by atoms with Gasteiger partial charge in [0.15, 0.2) is 0 Å². The van der Waals surface area contributed by atoms with Gasteiger partial charge in [0.25, 0.3) is 0 Å². The van der Waals surface area contributed by atoms with Crippen LogP contribution in [0.25, 0.3) is 0 Å². The van der Waals surface area contributed by atoms with Crippen molar-refractivity contribution >= 4 is 6.03 Å². The number of hydrogen-bond donors (Lipinski definition) is 1. The molecule has 1 aromatic heterocycles. The van der Waals surface area contributed by atoms with Crippen LogP contribution in [0.4, 0.5) is 4.79 Å². The lowest BCUT2D eigenvalue weighted by molar-refractivity contribution is 0.00551. The zero-order valence-corrected chi connectivity index (χ0v) is 13.1. The number of carbonyl (C=O) groups is 1. The molecule has 5 nitrogen and oxygen atoms in total. The number of aromatic nitrogens is 1. The smallest absolute Gasteiger partial charge is 0.318 e. The maximum absolute atomic E-state index is 12.4. The van der Waals surface area contributed by atoms with E-state index in [9.17, 15) is 4.79 Å². The molecule has 0 aliphatic carbocycles. The van der Waals surface area contributed by atoms with E-state index in [0.29, 0.717) is 32.2 Å². The highest BCUT2D eigenvalue weighted by Gasteiger charge is 2.27. The molecule has 0 radical (unpaired) electrons. The van der Waals surface area contributed by atoms with Gasteiger partial charge in [0.1, 0.15) is 0 Å². The molecule has 1 saturated heterocycles. The molecule has 1 aromatic rings. The fraction of sp³-hybridized carbons (Fsp3) is 0.625. The summed E-state index contributed by atoms with van der Waals surface area (Å²) in [5, 5.41) is 2.98. The van der Waals surface area contributed by atoms with Crippen molar-refractivity contribution in [3.63, 3.8) is 0 Å². The summed E-state index contributed by atoms with van der Waals surface area (Å²) in [4.78, 5) is 18.5. The third kappa shape index (κ3) is 4.70. The van der Waals surface area contributed by atoms with Crippen molar-refractivity contribution in [2.45, 2.75) is 39.8 Å². The monoisotopic (exact) mass is 291 g/mol. The number of carbonyl (C=O) groups excluding carboxylic acids is 1. The highest BCUT2D eigenvalue weighted by Crippen LogP contribution is 2.15. The van der Waals surface area contributed by atoms with Crippen LogP contribution in [0.1, 0.15) is 31.5 Å². The summed E-state index contributed by atoms with van der Waals surface area (Å²) in [6.07, 6.45) is 2.78. The molecule has 0 spiro atoms. The van der Waals surface area contributed by atoms with Gasteiger partial charge in [-0.15, -0.1) is 0 Å². The van der Waals surface area contributed by atoms with E-state index < -0.39 is 0 Å². The van der Waals surface area contributed by atoms with Crippen molar-refractivity contribution in [1.82, 2.24) is 15.2 Å². The van der Waals surface area contributed by atoms with Gasteiger partial charge in [-0.05, 0) is 30.9 Å². The maximum Gasteiger partial charge on any atom is 0.318 e. The number of nitrogens with one attached hydrogen (secondary N) is 1. The molecule has 21 heavy (non-hydrogen) atoms. The molecule has 0 aromatic carbocycles. The van der Waals surface area contributed by atoms with Crippen LogP contribution >= 0.6 is 0 Å². The number of pyridine rings is 1. The van der Waals surface area contributed by atoms with Gasteiger partial charge in [-0.25, -0.2) is 4.79 Å². The predicted octanol–water partition coefficient (Wildman–Crippen LogP) is 2.35. The molecule has 1 N–H and O–H groups in total. The Bertz CT molecular complexity index is 459. The molecule has 2 amide bonds. The Balaban J connectivity index is 1.89. The van der Waals surface area contributed by atoms with E-state index in [-0.39, 0.29) is 12.1 Å². The molecular formula is C16H25N3O2. The van der Waals surface area contributed by atoms with Gasteiger partial charge in [-0.1, -0.05) is 19.9 Å². The first-order chi connectivity index (χ1) is 10.1. The topological polar surface area (TPSA) is 54.5 Å². The SMILES string of the molecule is Cc1ccc(CNC(=O)N2CCOC[C@@H]2CC(C)C)cn1. The molecule has 2 heterocycles. The largest absolute Gasteiger partial charge is 0.377 e. The average Bonchev–Trinajstić information content (AvgIpc) is 2.46. The lowest BCUT2D eigenvalue weighted by atomic mass is 10.0. The second kappa shape index (κ2) is 7.41. The highest BCUT2D eigenvalue weighted by atomic mass is 16.5. The average molecular weight is 291 g/mol. The standard InChI is InChI=1S/C16H25N3O2/c1-12(2)8-15-11-21-7-6-19(15)16(20)18-10-14-5-4-13(3)17-9-14/h4-5,9,12,15H,6-8,10-11H2,1-3H3,(H,18,20)/t15-/m0/s1. The second-order valence-corrected chi connectivity index (χ2v) is 6.02. The molecule has 116 valence electrons. The lowest BCUT2D eigenvalue weighted by Gasteiger charge is -2.36. The van der Waals surface area contributed by atoms with Gasteiger partial charge in [-0.2, -0.15) is 0 Å². The Labute approximate surface area is 126 Å². The van der Waals surface area contributed by atoms with E-state index in [4.69, 9.17) is 4.74 Å². The third-order valence-corrected chi connectivity index (χ3v) is 3.65. The lowest BCUT2D eigenvalue weighted by Crippen LogP contribution is -2.52. The quantitative estimate of drug-likeness (QED) is 0.926. The summed E-state index contributed by atoms with van der Waals surface area (Å²) in [7, 11) is 0. The fourth-order valence-corrected chi connectivity index (χ4v) is 2.54. The molecular weight excluding hydrogens is 266 g/mol. The van der Waals surface area contributed by atoms with Gasteiger partial charge in [0.2, 0.25) is 0 Å². The van der Waals surface area contributed by atoms with Crippen molar-refractivity contribution < 1.29 is 9.53 Å². The number of hydrogen-bond acceptors (Lipinski definition) is 3. The molecule has 1 atom stereocenters. The van der Waals surface area contributed by atoms with Crippen molar-refractivity contribution in [3.05, 3.63) is 29.6 Å². The van der Waals surface area contributed by atoms with E-state index in [0.717, 1.165) is 17.7 Å². The summed E-state index contributed by atoms with van der Waals surface area (Å²) in [6, 6.07) is 4.12. The van der Waals surface area contributed by atoms with Crippen LogP contribution in [0, 0.1) is 12.8 Å². The van der Waals surface area contributed by atoms with Gasteiger partial charge >= 0.3 is 6.03 Å². The molecule has 1 aliphatic heterocycles. The molecule has 1 aliphatic rings. The van der Waals surface area contributed by atoms with Crippen molar-refractivity contribution in [1.29, 1.82) is 0 Å². The van der Waals surface area contributed by atoms with E-state index in [2.05, 4.69) is 24.1 Å². The van der Waals surface area contributed by atoms with E-state index in [1.165, 1.54) is 0 Å². The van der Waals surface area contributed by atoms with Crippen LogP contribution in [-0.4, -0.2) is 41.7 Å². The Morgan fingerprint density at radius 2 is 2.33 bits per heavy atom. The number of morpholine rings is 1.